The fourth-order valence-corrected chi connectivity index (χ4v) is 3.43. The van der Waals surface area contributed by atoms with Gasteiger partial charge in [-0.15, -0.1) is 0 Å². The van der Waals surface area contributed by atoms with E-state index in [9.17, 15) is 0 Å². The Morgan fingerprint density at radius 3 is 2.09 bits per heavy atom. The van der Waals surface area contributed by atoms with Crippen LogP contribution >= 0.6 is 0 Å². The van der Waals surface area contributed by atoms with E-state index in [0.717, 1.165) is 13.0 Å². The van der Waals surface area contributed by atoms with Crippen molar-refractivity contribution >= 4 is 0 Å². The minimum absolute atomic E-state index is 0.00635. The first-order valence-electron chi connectivity index (χ1n) is 8.39. The largest absolute Gasteiger partial charge is 0.310 e. The van der Waals surface area contributed by atoms with E-state index >= 15 is 0 Å². The van der Waals surface area contributed by atoms with Crippen molar-refractivity contribution in [1.82, 2.24) is 5.32 Å². The first-order chi connectivity index (χ1) is 10.8. The summed E-state index contributed by atoms with van der Waals surface area (Å²) >= 11 is 0. The molecule has 0 radical (unpaired) electrons. The van der Waals surface area contributed by atoms with Crippen molar-refractivity contribution in [2.75, 3.05) is 6.54 Å². The second-order valence-corrected chi connectivity index (χ2v) is 6.18. The summed E-state index contributed by atoms with van der Waals surface area (Å²) in [6.45, 7) is 3.34. The summed E-state index contributed by atoms with van der Waals surface area (Å²) in [6.07, 6.45) is 8.35. The molecule has 2 aromatic carbocycles. The van der Waals surface area contributed by atoms with Crippen LogP contribution < -0.4 is 5.32 Å². The summed E-state index contributed by atoms with van der Waals surface area (Å²) in [6, 6.07) is 22.3. The summed E-state index contributed by atoms with van der Waals surface area (Å²) in [4.78, 5) is 0. The number of unbranched alkanes of at least 4 members (excludes halogenated alkanes) is 1. The van der Waals surface area contributed by atoms with Gasteiger partial charge < -0.3 is 5.32 Å². The second-order valence-electron chi connectivity index (χ2n) is 6.18. The van der Waals surface area contributed by atoms with E-state index in [1.54, 1.807) is 0 Å². The van der Waals surface area contributed by atoms with Gasteiger partial charge in [-0.25, -0.2) is 0 Å². The number of hydrogen-bond acceptors (Lipinski definition) is 1. The van der Waals surface area contributed by atoms with E-state index in [2.05, 4.69) is 85.1 Å². The van der Waals surface area contributed by atoms with Crippen LogP contribution in [0.2, 0.25) is 0 Å². The van der Waals surface area contributed by atoms with Gasteiger partial charge in [0.1, 0.15) is 0 Å². The van der Waals surface area contributed by atoms with Crippen molar-refractivity contribution in [3.63, 3.8) is 0 Å². The summed E-state index contributed by atoms with van der Waals surface area (Å²) in [5, 5.41) is 3.69. The van der Waals surface area contributed by atoms with Crippen LogP contribution in [-0.4, -0.2) is 12.6 Å². The summed E-state index contributed by atoms with van der Waals surface area (Å²) in [7, 11) is 0. The van der Waals surface area contributed by atoms with E-state index in [0.29, 0.717) is 6.04 Å². The highest BCUT2D eigenvalue weighted by molar-refractivity contribution is 5.47. The fourth-order valence-electron chi connectivity index (χ4n) is 3.43. The number of benzene rings is 2. The Hall–Kier alpha value is -1.86. The Labute approximate surface area is 134 Å². The van der Waals surface area contributed by atoms with Crippen molar-refractivity contribution in [2.24, 2.45) is 0 Å². The quantitative estimate of drug-likeness (QED) is 0.601. The minimum Gasteiger partial charge on any atom is -0.310 e. The molecule has 0 saturated heterocycles. The van der Waals surface area contributed by atoms with Gasteiger partial charge in [0.25, 0.3) is 0 Å². The van der Waals surface area contributed by atoms with Crippen LogP contribution in [-0.2, 0) is 5.41 Å². The van der Waals surface area contributed by atoms with Crippen LogP contribution in [0.1, 0.15) is 37.3 Å². The fraction of sp³-hybridized carbons (Fsp3) is 0.333. The lowest BCUT2D eigenvalue weighted by Gasteiger charge is -2.30. The highest BCUT2D eigenvalue weighted by Gasteiger charge is 2.37. The van der Waals surface area contributed by atoms with Crippen LogP contribution in [0, 0.1) is 0 Å². The van der Waals surface area contributed by atoms with Gasteiger partial charge >= 0.3 is 0 Å². The molecule has 0 aliphatic heterocycles. The van der Waals surface area contributed by atoms with E-state index < -0.39 is 0 Å². The Bertz CT molecular complexity index is 561. The maximum absolute atomic E-state index is 3.69. The average Bonchev–Trinajstić information content (AvgIpc) is 3.02. The van der Waals surface area contributed by atoms with Crippen molar-refractivity contribution in [2.45, 2.75) is 37.6 Å². The van der Waals surface area contributed by atoms with Crippen molar-refractivity contribution < 1.29 is 0 Å². The molecule has 22 heavy (non-hydrogen) atoms. The van der Waals surface area contributed by atoms with E-state index in [-0.39, 0.29) is 5.41 Å². The molecule has 0 aromatic heterocycles. The molecule has 1 heteroatoms. The SMILES string of the molecule is CCCCNC1C=CC(c2ccccc2)(c2ccccc2)C1. The summed E-state index contributed by atoms with van der Waals surface area (Å²) in [5.74, 6) is 0. The zero-order chi connectivity index (χ0) is 15.3. The van der Waals surface area contributed by atoms with Crippen molar-refractivity contribution in [3.8, 4) is 0 Å². The maximum Gasteiger partial charge on any atom is 0.0400 e. The lowest BCUT2D eigenvalue weighted by atomic mass is 9.74. The molecule has 1 unspecified atom stereocenters. The molecule has 0 heterocycles. The van der Waals surface area contributed by atoms with Gasteiger partial charge in [-0.1, -0.05) is 86.2 Å². The number of hydrogen-bond donors (Lipinski definition) is 1. The first-order valence-corrected chi connectivity index (χ1v) is 8.39. The third-order valence-corrected chi connectivity index (χ3v) is 4.67. The molecule has 0 saturated carbocycles. The zero-order valence-electron chi connectivity index (χ0n) is 13.3. The van der Waals surface area contributed by atoms with E-state index in [1.807, 2.05) is 0 Å². The van der Waals surface area contributed by atoms with Gasteiger partial charge in [-0.05, 0) is 30.5 Å². The lowest BCUT2D eigenvalue weighted by Crippen LogP contribution is -2.32. The van der Waals surface area contributed by atoms with Crippen LogP contribution in [0.4, 0.5) is 0 Å². The molecule has 1 N–H and O–H groups in total. The molecule has 0 fully saturated rings. The maximum atomic E-state index is 3.69. The van der Waals surface area contributed by atoms with Crippen LogP contribution in [0.25, 0.3) is 0 Å². The highest BCUT2D eigenvalue weighted by Crippen LogP contribution is 2.42. The Morgan fingerprint density at radius 1 is 0.955 bits per heavy atom. The summed E-state index contributed by atoms with van der Waals surface area (Å²) < 4.78 is 0. The molecule has 1 aliphatic carbocycles. The predicted molar refractivity (Wildman–Crippen MR) is 94.1 cm³/mol. The number of rotatable bonds is 6. The van der Waals surface area contributed by atoms with Crippen LogP contribution in [0.5, 0.6) is 0 Å². The smallest absolute Gasteiger partial charge is 0.0400 e. The van der Waals surface area contributed by atoms with Crippen LogP contribution in [0.15, 0.2) is 72.8 Å². The minimum atomic E-state index is 0.00635. The molecule has 3 rings (SSSR count). The van der Waals surface area contributed by atoms with E-state index in [1.165, 1.54) is 24.0 Å². The standard InChI is InChI=1S/C21H25N/c1-2-3-16-22-20-14-15-21(17-20,18-10-6-4-7-11-18)19-12-8-5-9-13-19/h4-15,20,22H,2-3,16-17H2,1H3. The third-order valence-electron chi connectivity index (χ3n) is 4.67. The van der Waals surface area contributed by atoms with Crippen molar-refractivity contribution in [1.29, 1.82) is 0 Å². The summed E-state index contributed by atoms with van der Waals surface area (Å²) in [5.41, 5.74) is 2.78. The molecular formula is C21H25N. The molecule has 1 nitrogen and oxygen atoms in total. The highest BCUT2D eigenvalue weighted by atomic mass is 14.9. The first kappa shape index (κ1) is 15.1. The number of nitrogens with one attached hydrogen (secondary N) is 1. The van der Waals surface area contributed by atoms with E-state index in [4.69, 9.17) is 0 Å². The Morgan fingerprint density at radius 2 is 1.55 bits per heavy atom. The second kappa shape index (κ2) is 6.93. The molecule has 114 valence electrons. The monoisotopic (exact) mass is 291 g/mol. The molecule has 1 aliphatic rings. The zero-order valence-corrected chi connectivity index (χ0v) is 13.3. The van der Waals surface area contributed by atoms with Gasteiger partial charge in [-0.2, -0.15) is 0 Å². The van der Waals surface area contributed by atoms with Gasteiger partial charge in [0, 0.05) is 11.5 Å². The van der Waals surface area contributed by atoms with Gasteiger partial charge in [0.05, 0.1) is 0 Å². The van der Waals surface area contributed by atoms with Gasteiger partial charge in [0.2, 0.25) is 0 Å². The number of allylic oxidation sites excluding steroid dienone is 1. The molecule has 0 spiro atoms. The molecule has 0 amide bonds. The average molecular weight is 291 g/mol. The molecule has 0 bridgehead atoms. The molecule has 2 aromatic rings. The van der Waals surface area contributed by atoms with Crippen molar-refractivity contribution in [3.05, 3.63) is 83.9 Å². The lowest BCUT2D eigenvalue weighted by molar-refractivity contribution is 0.497. The normalized spacial score (nSPS) is 19.4. The molecule has 1 atom stereocenters. The molecular weight excluding hydrogens is 266 g/mol. The van der Waals surface area contributed by atoms with Gasteiger partial charge in [0.15, 0.2) is 0 Å². The Balaban J connectivity index is 1.89. The van der Waals surface area contributed by atoms with Gasteiger partial charge in [-0.3, -0.25) is 0 Å². The van der Waals surface area contributed by atoms with Crippen LogP contribution in [0.3, 0.4) is 0 Å². The topological polar surface area (TPSA) is 12.0 Å². The third kappa shape index (κ3) is 3.00. The Kier molecular flexibility index (Phi) is 4.74. The predicted octanol–water partition coefficient (Wildman–Crippen LogP) is 4.69.